The fraction of sp³-hybridized carbons (Fsp3) is 0.462. The fourth-order valence-corrected chi connectivity index (χ4v) is 4.34. The van der Waals surface area contributed by atoms with E-state index in [1.54, 1.807) is 11.3 Å². The van der Waals surface area contributed by atoms with Crippen LogP contribution in [-0.2, 0) is 11.2 Å². The molecular weight excluding hydrogens is 306 g/mol. The van der Waals surface area contributed by atoms with Crippen LogP contribution in [0.1, 0.15) is 30.0 Å². The average Bonchev–Trinajstić information content (AvgIpc) is 3.20. The molecule has 2 N–H and O–H groups in total. The number of nitrogens with two attached hydrogens (primary N) is 1. The van der Waals surface area contributed by atoms with Crippen molar-refractivity contribution in [3.63, 3.8) is 0 Å². The van der Waals surface area contributed by atoms with Gasteiger partial charge >= 0.3 is 0 Å². The minimum Gasteiger partial charge on any atom is -0.390 e. The van der Waals surface area contributed by atoms with Crippen molar-refractivity contribution in [3.05, 3.63) is 16.8 Å². The van der Waals surface area contributed by atoms with Gasteiger partial charge in [0.1, 0.15) is 0 Å². The van der Waals surface area contributed by atoms with Crippen molar-refractivity contribution in [3.8, 4) is 10.6 Å². The van der Waals surface area contributed by atoms with Crippen LogP contribution >= 0.6 is 22.7 Å². The highest BCUT2D eigenvalue weighted by atomic mass is 32.1. The number of hydrogen-bond acceptors (Lipinski definition) is 7. The van der Waals surface area contributed by atoms with Crippen LogP contribution in [-0.4, -0.2) is 33.0 Å². The molecule has 3 aromatic rings. The standard InChI is InChI=1S/C13H15N5OS2/c1-2-8-5-9(10(14)20-8)12-17-18-11(7-3-4-19-6-7)15-16-13(18)21-12/h5,7H,2-4,6,14H2,1H3. The van der Waals surface area contributed by atoms with Crippen LogP contribution in [0, 0.1) is 0 Å². The lowest BCUT2D eigenvalue weighted by molar-refractivity contribution is 0.193. The van der Waals surface area contributed by atoms with Crippen LogP contribution < -0.4 is 5.73 Å². The molecule has 8 heteroatoms. The van der Waals surface area contributed by atoms with E-state index in [9.17, 15) is 0 Å². The third-order valence-electron chi connectivity index (χ3n) is 3.70. The maximum atomic E-state index is 6.12. The zero-order chi connectivity index (χ0) is 14.4. The lowest BCUT2D eigenvalue weighted by Crippen LogP contribution is -2.04. The molecule has 0 radical (unpaired) electrons. The summed E-state index contributed by atoms with van der Waals surface area (Å²) in [4.78, 5) is 2.09. The summed E-state index contributed by atoms with van der Waals surface area (Å²) in [5, 5.41) is 14.9. The number of nitrogen functional groups attached to an aromatic ring is 1. The van der Waals surface area contributed by atoms with Gasteiger partial charge in [-0.05, 0) is 18.9 Å². The maximum absolute atomic E-state index is 6.12. The largest absolute Gasteiger partial charge is 0.390 e. The second-order valence-electron chi connectivity index (χ2n) is 5.06. The van der Waals surface area contributed by atoms with Crippen molar-refractivity contribution < 1.29 is 4.74 Å². The van der Waals surface area contributed by atoms with Crippen molar-refractivity contribution in [2.75, 3.05) is 18.9 Å². The molecule has 0 aliphatic carbocycles. The number of aromatic nitrogens is 4. The second kappa shape index (κ2) is 5.04. The summed E-state index contributed by atoms with van der Waals surface area (Å²) in [5.74, 6) is 1.19. The number of ether oxygens (including phenoxy) is 1. The van der Waals surface area contributed by atoms with Gasteiger partial charge < -0.3 is 10.5 Å². The highest BCUT2D eigenvalue weighted by Gasteiger charge is 2.25. The van der Waals surface area contributed by atoms with Crippen molar-refractivity contribution in [1.82, 2.24) is 19.8 Å². The van der Waals surface area contributed by atoms with E-state index < -0.39 is 0 Å². The molecule has 1 fully saturated rings. The molecule has 21 heavy (non-hydrogen) atoms. The number of fused-ring (bicyclic) bond motifs is 1. The van der Waals surface area contributed by atoms with Gasteiger partial charge in [-0.15, -0.1) is 21.5 Å². The lowest BCUT2D eigenvalue weighted by Gasteiger charge is -2.01. The third kappa shape index (κ3) is 2.14. The van der Waals surface area contributed by atoms with E-state index in [0.717, 1.165) is 45.8 Å². The minimum atomic E-state index is 0.293. The summed E-state index contributed by atoms with van der Waals surface area (Å²) in [6.45, 7) is 3.62. The number of rotatable bonds is 3. The number of hydrogen-bond donors (Lipinski definition) is 1. The third-order valence-corrected chi connectivity index (χ3v) is 5.74. The Hall–Kier alpha value is -1.51. The van der Waals surface area contributed by atoms with Crippen LogP contribution in [0.15, 0.2) is 6.07 Å². The molecule has 1 saturated heterocycles. The van der Waals surface area contributed by atoms with E-state index in [-0.39, 0.29) is 0 Å². The van der Waals surface area contributed by atoms with Gasteiger partial charge in [0.2, 0.25) is 4.96 Å². The van der Waals surface area contributed by atoms with Gasteiger partial charge in [-0.3, -0.25) is 0 Å². The van der Waals surface area contributed by atoms with Gasteiger partial charge in [0, 0.05) is 23.0 Å². The molecule has 4 heterocycles. The molecule has 0 bridgehead atoms. The summed E-state index contributed by atoms with van der Waals surface area (Å²) in [7, 11) is 0. The van der Waals surface area contributed by atoms with E-state index in [1.807, 2.05) is 4.52 Å². The molecule has 6 nitrogen and oxygen atoms in total. The van der Waals surface area contributed by atoms with Gasteiger partial charge in [0.25, 0.3) is 0 Å². The van der Waals surface area contributed by atoms with Gasteiger partial charge in [-0.1, -0.05) is 18.3 Å². The smallest absolute Gasteiger partial charge is 0.234 e. The Bertz CT molecular complexity index is 784. The Morgan fingerprint density at radius 3 is 3.05 bits per heavy atom. The van der Waals surface area contributed by atoms with Crippen molar-refractivity contribution in [2.24, 2.45) is 0 Å². The number of thiophene rings is 1. The Kier molecular flexibility index (Phi) is 3.16. The van der Waals surface area contributed by atoms with Crippen LogP contribution in [0.2, 0.25) is 0 Å². The quantitative estimate of drug-likeness (QED) is 0.802. The predicted octanol–water partition coefficient (Wildman–Crippen LogP) is 2.56. The Morgan fingerprint density at radius 2 is 2.33 bits per heavy atom. The van der Waals surface area contributed by atoms with Gasteiger partial charge in [-0.25, -0.2) is 0 Å². The Balaban J connectivity index is 1.78. The molecule has 1 unspecified atom stereocenters. The lowest BCUT2D eigenvalue weighted by atomic mass is 10.1. The molecular formula is C13H15N5OS2. The maximum Gasteiger partial charge on any atom is 0.234 e. The first kappa shape index (κ1) is 13.2. The second-order valence-corrected chi connectivity index (χ2v) is 7.19. The van der Waals surface area contributed by atoms with Crippen LogP contribution in [0.5, 0.6) is 0 Å². The molecule has 0 saturated carbocycles. The van der Waals surface area contributed by atoms with Gasteiger partial charge in [0.05, 0.1) is 11.6 Å². The van der Waals surface area contributed by atoms with Crippen molar-refractivity contribution in [1.29, 1.82) is 0 Å². The molecule has 4 rings (SSSR count). The summed E-state index contributed by atoms with van der Waals surface area (Å²) >= 11 is 3.16. The SMILES string of the molecule is CCc1cc(-c2nn3c(C4CCOC4)nnc3s2)c(N)s1. The Morgan fingerprint density at radius 1 is 1.43 bits per heavy atom. The van der Waals surface area contributed by atoms with E-state index >= 15 is 0 Å². The molecule has 0 spiro atoms. The minimum absolute atomic E-state index is 0.293. The number of aryl methyl sites for hydroxylation is 1. The number of nitrogens with zero attached hydrogens (tertiary/aromatic N) is 4. The van der Waals surface area contributed by atoms with Gasteiger partial charge in [0.15, 0.2) is 10.8 Å². The summed E-state index contributed by atoms with van der Waals surface area (Å²) < 4.78 is 7.28. The fourth-order valence-electron chi connectivity index (χ4n) is 2.53. The van der Waals surface area contributed by atoms with E-state index in [1.165, 1.54) is 16.2 Å². The predicted molar refractivity (Wildman–Crippen MR) is 83.9 cm³/mol. The molecule has 110 valence electrons. The number of anilines is 1. The van der Waals surface area contributed by atoms with E-state index in [0.29, 0.717) is 12.5 Å². The summed E-state index contributed by atoms with van der Waals surface area (Å²) in [6, 6.07) is 2.13. The van der Waals surface area contributed by atoms with E-state index in [4.69, 9.17) is 10.5 Å². The normalized spacial score (nSPS) is 18.8. The average molecular weight is 321 g/mol. The highest BCUT2D eigenvalue weighted by molar-refractivity contribution is 7.21. The molecule has 0 aromatic carbocycles. The van der Waals surface area contributed by atoms with Crippen molar-refractivity contribution >= 4 is 32.6 Å². The zero-order valence-corrected chi connectivity index (χ0v) is 13.2. The summed E-state index contributed by atoms with van der Waals surface area (Å²) in [5.41, 5.74) is 7.13. The molecule has 0 amide bonds. The molecule has 3 aromatic heterocycles. The van der Waals surface area contributed by atoms with E-state index in [2.05, 4.69) is 28.3 Å². The summed E-state index contributed by atoms with van der Waals surface area (Å²) in [6.07, 6.45) is 1.97. The first-order chi connectivity index (χ1) is 10.3. The van der Waals surface area contributed by atoms with Crippen molar-refractivity contribution in [2.45, 2.75) is 25.7 Å². The molecule has 1 atom stereocenters. The van der Waals surface area contributed by atoms with Crippen LogP contribution in [0.25, 0.3) is 15.5 Å². The first-order valence-corrected chi connectivity index (χ1v) is 8.58. The zero-order valence-electron chi connectivity index (χ0n) is 11.6. The molecule has 1 aliphatic heterocycles. The molecule has 1 aliphatic rings. The topological polar surface area (TPSA) is 78.3 Å². The monoisotopic (exact) mass is 321 g/mol. The van der Waals surface area contributed by atoms with Crippen LogP contribution in [0.4, 0.5) is 5.00 Å². The van der Waals surface area contributed by atoms with Gasteiger partial charge in [-0.2, -0.15) is 9.61 Å². The first-order valence-electron chi connectivity index (χ1n) is 6.94. The Labute approximate surface area is 129 Å². The highest BCUT2D eigenvalue weighted by Crippen LogP contribution is 2.37. The van der Waals surface area contributed by atoms with Crippen LogP contribution in [0.3, 0.4) is 0 Å².